The van der Waals surface area contributed by atoms with Crippen molar-refractivity contribution in [3.8, 4) is 0 Å². The molecule has 1 fully saturated rings. The number of amides is 1. The quantitative estimate of drug-likeness (QED) is 0.485. The summed E-state index contributed by atoms with van der Waals surface area (Å²) >= 11 is 1.77. The highest BCUT2D eigenvalue weighted by Crippen LogP contribution is 2.44. The molecule has 5 rings (SSSR count). The fourth-order valence-corrected chi connectivity index (χ4v) is 4.73. The molecule has 0 bridgehead atoms. The predicted molar refractivity (Wildman–Crippen MR) is 122 cm³/mol. The number of para-hydroxylation sites is 1. The fourth-order valence-electron chi connectivity index (χ4n) is 3.76. The summed E-state index contributed by atoms with van der Waals surface area (Å²) in [6.45, 7) is 6.82. The number of nitrogens with zero attached hydrogens (tertiary/aromatic N) is 1. The molecule has 1 N–H and O–H groups in total. The van der Waals surface area contributed by atoms with Gasteiger partial charge in [0.1, 0.15) is 0 Å². The molecule has 2 heterocycles. The van der Waals surface area contributed by atoms with Gasteiger partial charge in [-0.1, -0.05) is 48.7 Å². The molecule has 1 amide bonds. The van der Waals surface area contributed by atoms with Crippen molar-refractivity contribution >= 4 is 34.6 Å². The molecule has 2 aliphatic rings. The van der Waals surface area contributed by atoms with Crippen molar-refractivity contribution in [2.75, 3.05) is 31.6 Å². The number of carbonyl (C=O) groups is 1. The molecule has 0 unspecified atom stereocenters. The maximum absolute atomic E-state index is 12.6. The third-order valence-electron chi connectivity index (χ3n) is 5.48. The standard InChI is InChI=1S/C25H22N2O2S/c1-17(18-6-8-19(9-7-18)25(28)27-12-14-29-15-13-27)20-10-11-24-22(16-20)26-21-4-2-3-5-23(21)30-24/h2-11,16,26H,1,12-15H2. The molecule has 150 valence electrons. The molecule has 30 heavy (non-hydrogen) atoms. The smallest absolute Gasteiger partial charge is 0.254 e. The summed E-state index contributed by atoms with van der Waals surface area (Å²) in [6.07, 6.45) is 0. The van der Waals surface area contributed by atoms with Crippen LogP contribution in [0.15, 0.2) is 83.1 Å². The first-order valence-electron chi connectivity index (χ1n) is 10.0. The van der Waals surface area contributed by atoms with Crippen LogP contribution in [-0.4, -0.2) is 37.1 Å². The number of hydrogen-bond acceptors (Lipinski definition) is 4. The van der Waals surface area contributed by atoms with Crippen LogP contribution in [0.3, 0.4) is 0 Å². The van der Waals surface area contributed by atoms with Gasteiger partial charge in [0.2, 0.25) is 0 Å². The van der Waals surface area contributed by atoms with E-state index in [1.54, 1.807) is 11.8 Å². The molecule has 0 spiro atoms. The Hall–Kier alpha value is -3.02. The largest absolute Gasteiger partial charge is 0.378 e. The average Bonchev–Trinajstić information content (AvgIpc) is 2.82. The number of rotatable bonds is 3. The Balaban J connectivity index is 1.35. The van der Waals surface area contributed by atoms with E-state index >= 15 is 0 Å². The Morgan fingerprint density at radius 2 is 1.53 bits per heavy atom. The summed E-state index contributed by atoms with van der Waals surface area (Å²) in [7, 11) is 0. The minimum absolute atomic E-state index is 0.0594. The fraction of sp³-hybridized carbons (Fsp3) is 0.160. The number of anilines is 2. The maximum atomic E-state index is 12.6. The molecule has 3 aromatic carbocycles. The zero-order chi connectivity index (χ0) is 20.5. The average molecular weight is 415 g/mol. The topological polar surface area (TPSA) is 41.6 Å². The number of fused-ring (bicyclic) bond motifs is 2. The van der Waals surface area contributed by atoms with Crippen LogP contribution in [0.2, 0.25) is 0 Å². The Morgan fingerprint density at radius 3 is 2.33 bits per heavy atom. The SMILES string of the molecule is C=C(c1ccc(C(=O)N2CCOCC2)cc1)c1ccc2c(c1)Nc1ccccc1S2. The summed E-state index contributed by atoms with van der Waals surface area (Å²) in [5.41, 5.74) is 5.94. The van der Waals surface area contributed by atoms with Gasteiger partial charge in [0.25, 0.3) is 5.91 Å². The second kappa shape index (κ2) is 8.01. The second-order valence-electron chi connectivity index (χ2n) is 7.39. The van der Waals surface area contributed by atoms with E-state index in [0.29, 0.717) is 31.9 Å². The zero-order valence-electron chi connectivity index (χ0n) is 16.6. The number of nitrogens with one attached hydrogen (secondary N) is 1. The molecule has 0 aromatic heterocycles. The molecule has 0 saturated carbocycles. The number of morpholine rings is 1. The van der Waals surface area contributed by atoms with Crippen molar-refractivity contribution in [3.63, 3.8) is 0 Å². The van der Waals surface area contributed by atoms with E-state index in [9.17, 15) is 4.79 Å². The van der Waals surface area contributed by atoms with E-state index in [4.69, 9.17) is 4.74 Å². The van der Waals surface area contributed by atoms with Crippen LogP contribution in [0.5, 0.6) is 0 Å². The third kappa shape index (κ3) is 3.62. The highest BCUT2D eigenvalue weighted by molar-refractivity contribution is 7.99. The molecular formula is C25H22N2O2S. The van der Waals surface area contributed by atoms with Crippen LogP contribution in [0.4, 0.5) is 11.4 Å². The van der Waals surface area contributed by atoms with Crippen molar-refractivity contribution in [3.05, 3.63) is 90.0 Å². The Morgan fingerprint density at radius 1 is 0.867 bits per heavy atom. The Bertz CT molecular complexity index is 1120. The van der Waals surface area contributed by atoms with Gasteiger partial charge in [-0.15, -0.1) is 0 Å². The van der Waals surface area contributed by atoms with Gasteiger partial charge in [0, 0.05) is 28.4 Å². The summed E-state index contributed by atoms with van der Waals surface area (Å²) in [4.78, 5) is 16.9. The van der Waals surface area contributed by atoms with E-state index < -0.39 is 0 Å². The Kier molecular flexibility index (Phi) is 5.07. The van der Waals surface area contributed by atoms with Crippen molar-refractivity contribution in [2.45, 2.75) is 9.79 Å². The maximum Gasteiger partial charge on any atom is 0.254 e. The summed E-state index contributed by atoms with van der Waals surface area (Å²) < 4.78 is 5.33. The molecular weight excluding hydrogens is 392 g/mol. The van der Waals surface area contributed by atoms with Gasteiger partial charge in [-0.05, 0) is 53.1 Å². The van der Waals surface area contributed by atoms with E-state index in [-0.39, 0.29) is 5.91 Å². The van der Waals surface area contributed by atoms with E-state index in [0.717, 1.165) is 28.1 Å². The second-order valence-corrected chi connectivity index (χ2v) is 8.48. The minimum Gasteiger partial charge on any atom is -0.378 e. The lowest BCUT2D eigenvalue weighted by molar-refractivity contribution is 0.0303. The van der Waals surface area contributed by atoms with Gasteiger partial charge < -0.3 is 15.0 Å². The molecule has 3 aromatic rings. The van der Waals surface area contributed by atoms with Crippen molar-refractivity contribution in [1.29, 1.82) is 0 Å². The first kappa shape index (κ1) is 19.0. The summed E-state index contributed by atoms with van der Waals surface area (Å²) in [5, 5.41) is 3.53. The molecule has 5 heteroatoms. The molecule has 2 aliphatic heterocycles. The molecule has 1 saturated heterocycles. The van der Waals surface area contributed by atoms with Crippen LogP contribution in [0.25, 0.3) is 5.57 Å². The summed E-state index contributed by atoms with van der Waals surface area (Å²) in [5.74, 6) is 0.0594. The van der Waals surface area contributed by atoms with E-state index in [2.05, 4.69) is 48.3 Å². The van der Waals surface area contributed by atoms with Gasteiger partial charge in [0.15, 0.2) is 0 Å². The van der Waals surface area contributed by atoms with E-state index in [1.807, 2.05) is 35.2 Å². The minimum atomic E-state index is 0.0594. The van der Waals surface area contributed by atoms with Crippen molar-refractivity contribution in [1.82, 2.24) is 4.90 Å². The lowest BCUT2D eigenvalue weighted by atomic mass is 9.98. The monoisotopic (exact) mass is 414 g/mol. The van der Waals surface area contributed by atoms with E-state index in [1.165, 1.54) is 9.79 Å². The zero-order valence-corrected chi connectivity index (χ0v) is 17.4. The number of benzene rings is 3. The van der Waals surface area contributed by atoms with Crippen LogP contribution < -0.4 is 5.32 Å². The van der Waals surface area contributed by atoms with Crippen LogP contribution in [-0.2, 0) is 4.74 Å². The first-order valence-corrected chi connectivity index (χ1v) is 10.9. The van der Waals surface area contributed by atoms with Gasteiger partial charge in [-0.2, -0.15) is 0 Å². The van der Waals surface area contributed by atoms with Crippen LogP contribution in [0, 0.1) is 0 Å². The Labute approximate surface area is 180 Å². The van der Waals surface area contributed by atoms with Gasteiger partial charge in [-0.25, -0.2) is 0 Å². The highest BCUT2D eigenvalue weighted by atomic mass is 32.2. The number of hydrogen-bond donors (Lipinski definition) is 1. The third-order valence-corrected chi connectivity index (χ3v) is 6.63. The van der Waals surface area contributed by atoms with Crippen molar-refractivity contribution < 1.29 is 9.53 Å². The van der Waals surface area contributed by atoms with Crippen LogP contribution >= 0.6 is 11.8 Å². The molecule has 0 radical (unpaired) electrons. The van der Waals surface area contributed by atoms with Gasteiger partial charge in [-0.3, -0.25) is 4.79 Å². The van der Waals surface area contributed by atoms with Gasteiger partial charge in [0.05, 0.1) is 24.6 Å². The normalized spacial score (nSPS) is 15.0. The molecule has 0 atom stereocenters. The highest BCUT2D eigenvalue weighted by Gasteiger charge is 2.19. The number of carbonyl (C=O) groups excluding carboxylic acids is 1. The molecule has 4 nitrogen and oxygen atoms in total. The predicted octanol–water partition coefficient (Wildman–Crippen LogP) is 5.43. The van der Waals surface area contributed by atoms with Crippen LogP contribution in [0.1, 0.15) is 21.5 Å². The lowest BCUT2D eigenvalue weighted by Crippen LogP contribution is -2.40. The lowest BCUT2D eigenvalue weighted by Gasteiger charge is -2.27. The first-order chi connectivity index (χ1) is 14.7. The van der Waals surface area contributed by atoms with Gasteiger partial charge >= 0.3 is 0 Å². The van der Waals surface area contributed by atoms with Crippen molar-refractivity contribution in [2.24, 2.45) is 0 Å². The summed E-state index contributed by atoms with van der Waals surface area (Å²) in [6, 6.07) is 22.5. The number of ether oxygens (including phenoxy) is 1. The molecule has 0 aliphatic carbocycles.